The fourth-order valence-electron chi connectivity index (χ4n) is 0.398. The first-order valence-corrected chi connectivity index (χ1v) is 3.15. The van der Waals surface area contributed by atoms with Gasteiger partial charge in [-0.05, 0) is 0 Å². The number of rotatable bonds is 1. The van der Waals surface area contributed by atoms with Crippen molar-refractivity contribution >= 4 is 17.5 Å². The Labute approximate surface area is 56.4 Å². The second-order valence-electron chi connectivity index (χ2n) is 1.43. The van der Waals surface area contributed by atoms with Crippen LogP contribution in [-0.4, -0.2) is 10.3 Å². The molecule has 1 heterocycles. The molecule has 48 valence electrons. The number of esters is 1. The van der Waals surface area contributed by atoms with Gasteiger partial charge in [-0.3, -0.25) is 4.79 Å². The zero-order valence-electron chi connectivity index (χ0n) is 4.83. The van der Waals surface area contributed by atoms with Crippen molar-refractivity contribution in [1.82, 2.24) is 4.37 Å². The predicted molar refractivity (Wildman–Crippen MR) is 33.4 cm³/mol. The maximum absolute atomic E-state index is 10.3. The summed E-state index contributed by atoms with van der Waals surface area (Å²) in [5, 5.41) is 0.544. The second kappa shape index (κ2) is 2.59. The molecule has 0 bridgehead atoms. The first kappa shape index (κ1) is 6.22. The fraction of sp³-hybridized carbons (Fsp3) is 0.200. The molecule has 1 aromatic rings. The minimum atomic E-state index is -0.306. The van der Waals surface area contributed by atoms with Gasteiger partial charge in [-0.2, -0.15) is 4.37 Å². The Morgan fingerprint density at radius 2 is 2.67 bits per heavy atom. The first-order valence-electron chi connectivity index (χ1n) is 2.38. The standard InChI is InChI=1S/C5H5NO2S/c1-4(7)8-5-2-3-6-9-5/h2-3H,1H3. The van der Waals surface area contributed by atoms with Crippen molar-refractivity contribution in [3.63, 3.8) is 0 Å². The molecular formula is C5H5NO2S. The summed E-state index contributed by atoms with van der Waals surface area (Å²) in [5.41, 5.74) is 0. The van der Waals surface area contributed by atoms with Crippen LogP contribution in [0, 0.1) is 0 Å². The van der Waals surface area contributed by atoms with E-state index >= 15 is 0 Å². The fourth-order valence-corrected chi connectivity index (χ4v) is 0.900. The van der Waals surface area contributed by atoms with E-state index in [1.54, 1.807) is 12.3 Å². The summed E-state index contributed by atoms with van der Waals surface area (Å²) in [7, 11) is 0. The van der Waals surface area contributed by atoms with E-state index in [9.17, 15) is 4.79 Å². The number of nitrogens with zero attached hydrogens (tertiary/aromatic N) is 1. The Bertz CT molecular complexity index is 195. The van der Waals surface area contributed by atoms with Crippen LogP contribution in [0.1, 0.15) is 6.92 Å². The minimum absolute atomic E-state index is 0.306. The van der Waals surface area contributed by atoms with Crippen molar-refractivity contribution in [3.8, 4) is 5.06 Å². The molecule has 1 rings (SSSR count). The van der Waals surface area contributed by atoms with E-state index < -0.39 is 0 Å². The molecule has 0 unspecified atom stereocenters. The van der Waals surface area contributed by atoms with Crippen molar-refractivity contribution in [2.45, 2.75) is 6.92 Å². The van der Waals surface area contributed by atoms with Gasteiger partial charge >= 0.3 is 5.97 Å². The molecule has 4 heteroatoms. The van der Waals surface area contributed by atoms with Gasteiger partial charge in [-0.1, -0.05) is 0 Å². The van der Waals surface area contributed by atoms with Crippen LogP contribution in [0.5, 0.6) is 5.06 Å². The highest BCUT2D eigenvalue weighted by molar-refractivity contribution is 7.07. The maximum atomic E-state index is 10.3. The summed E-state index contributed by atoms with van der Waals surface area (Å²) in [4.78, 5) is 10.3. The van der Waals surface area contributed by atoms with E-state index in [-0.39, 0.29) is 5.97 Å². The van der Waals surface area contributed by atoms with Crippen molar-refractivity contribution < 1.29 is 9.53 Å². The quantitative estimate of drug-likeness (QED) is 0.552. The molecule has 3 nitrogen and oxygen atoms in total. The topological polar surface area (TPSA) is 39.2 Å². The van der Waals surface area contributed by atoms with Crippen LogP contribution in [0.15, 0.2) is 12.3 Å². The molecule has 0 aliphatic heterocycles. The lowest BCUT2D eigenvalue weighted by atomic mass is 10.7. The van der Waals surface area contributed by atoms with Crippen molar-refractivity contribution in [3.05, 3.63) is 12.3 Å². The van der Waals surface area contributed by atoms with Gasteiger partial charge in [-0.25, -0.2) is 0 Å². The summed E-state index contributed by atoms with van der Waals surface area (Å²) >= 11 is 1.16. The number of aromatic nitrogens is 1. The second-order valence-corrected chi connectivity index (χ2v) is 2.22. The molecule has 0 aliphatic rings. The molecule has 9 heavy (non-hydrogen) atoms. The Morgan fingerprint density at radius 1 is 1.89 bits per heavy atom. The number of carbonyl (C=O) groups is 1. The molecule has 0 N–H and O–H groups in total. The summed E-state index contributed by atoms with van der Waals surface area (Å²) in [6.07, 6.45) is 1.59. The molecule has 0 aliphatic carbocycles. The third-order valence-corrected chi connectivity index (χ3v) is 1.28. The van der Waals surface area contributed by atoms with Crippen LogP contribution in [0.3, 0.4) is 0 Å². The van der Waals surface area contributed by atoms with Gasteiger partial charge in [0.1, 0.15) is 0 Å². The lowest BCUT2D eigenvalue weighted by Gasteiger charge is -1.90. The largest absolute Gasteiger partial charge is 0.414 e. The predicted octanol–water partition coefficient (Wildman–Crippen LogP) is 1.07. The lowest BCUT2D eigenvalue weighted by molar-refractivity contribution is -0.131. The number of hydrogen-bond acceptors (Lipinski definition) is 4. The van der Waals surface area contributed by atoms with Gasteiger partial charge in [0, 0.05) is 30.7 Å². The molecule has 0 radical (unpaired) electrons. The Morgan fingerprint density at radius 3 is 3.11 bits per heavy atom. The van der Waals surface area contributed by atoms with Crippen LogP contribution >= 0.6 is 11.5 Å². The molecule has 0 amide bonds. The van der Waals surface area contributed by atoms with Gasteiger partial charge < -0.3 is 4.74 Å². The molecule has 0 aromatic carbocycles. The average molecular weight is 143 g/mol. The van der Waals surface area contributed by atoms with Crippen LogP contribution < -0.4 is 4.74 Å². The van der Waals surface area contributed by atoms with Crippen LogP contribution in [0.4, 0.5) is 0 Å². The molecule has 0 atom stereocenters. The zero-order chi connectivity index (χ0) is 6.69. The number of ether oxygens (including phenoxy) is 1. The summed E-state index contributed by atoms with van der Waals surface area (Å²) < 4.78 is 8.41. The van der Waals surface area contributed by atoms with Gasteiger partial charge in [0.05, 0.1) is 0 Å². The highest BCUT2D eigenvalue weighted by Gasteiger charge is 1.96. The monoisotopic (exact) mass is 143 g/mol. The van der Waals surface area contributed by atoms with Crippen molar-refractivity contribution in [2.75, 3.05) is 0 Å². The molecule has 0 spiro atoms. The van der Waals surface area contributed by atoms with E-state index in [2.05, 4.69) is 9.11 Å². The Balaban J connectivity index is 2.58. The molecule has 0 saturated carbocycles. The maximum Gasteiger partial charge on any atom is 0.308 e. The first-order chi connectivity index (χ1) is 4.29. The van der Waals surface area contributed by atoms with Crippen LogP contribution in [0.25, 0.3) is 0 Å². The summed E-state index contributed by atoms with van der Waals surface area (Å²) in [5.74, 6) is -0.306. The van der Waals surface area contributed by atoms with Gasteiger partial charge in [0.25, 0.3) is 0 Å². The lowest BCUT2D eigenvalue weighted by Crippen LogP contribution is -1.98. The highest BCUT2D eigenvalue weighted by Crippen LogP contribution is 2.14. The number of hydrogen-bond donors (Lipinski definition) is 0. The Hall–Kier alpha value is -0.900. The highest BCUT2D eigenvalue weighted by atomic mass is 32.1. The van der Waals surface area contributed by atoms with E-state index in [1.807, 2.05) is 0 Å². The molecule has 0 fully saturated rings. The van der Waals surface area contributed by atoms with Crippen LogP contribution in [-0.2, 0) is 4.79 Å². The summed E-state index contributed by atoms with van der Waals surface area (Å²) in [6.45, 7) is 1.36. The zero-order valence-corrected chi connectivity index (χ0v) is 5.64. The van der Waals surface area contributed by atoms with E-state index in [4.69, 9.17) is 0 Å². The SMILES string of the molecule is CC(=O)Oc1ccns1. The third-order valence-electron chi connectivity index (χ3n) is 0.658. The smallest absolute Gasteiger partial charge is 0.308 e. The van der Waals surface area contributed by atoms with E-state index in [1.165, 1.54) is 6.92 Å². The van der Waals surface area contributed by atoms with Crippen molar-refractivity contribution in [2.24, 2.45) is 0 Å². The van der Waals surface area contributed by atoms with Gasteiger partial charge in [-0.15, -0.1) is 0 Å². The van der Waals surface area contributed by atoms with Gasteiger partial charge in [0.2, 0.25) is 5.06 Å². The van der Waals surface area contributed by atoms with Crippen LogP contribution in [0.2, 0.25) is 0 Å². The van der Waals surface area contributed by atoms with Crippen molar-refractivity contribution in [1.29, 1.82) is 0 Å². The minimum Gasteiger partial charge on any atom is -0.414 e. The number of carbonyl (C=O) groups excluding carboxylic acids is 1. The third kappa shape index (κ3) is 1.81. The summed E-state index contributed by atoms with van der Waals surface area (Å²) in [6, 6.07) is 1.64. The normalized spacial score (nSPS) is 9.00. The Kier molecular flexibility index (Phi) is 1.79. The molecule has 0 saturated heterocycles. The molecular weight excluding hydrogens is 138 g/mol. The van der Waals surface area contributed by atoms with E-state index in [0.29, 0.717) is 5.06 Å². The average Bonchev–Trinajstić information content (AvgIpc) is 2.15. The van der Waals surface area contributed by atoms with E-state index in [0.717, 1.165) is 11.5 Å². The van der Waals surface area contributed by atoms with Gasteiger partial charge in [0.15, 0.2) is 0 Å². The molecule has 1 aromatic heterocycles.